The molecule has 17 rings (SSSR count). The summed E-state index contributed by atoms with van der Waals surface area (Å²) in [5.74, 6) is -4.70. The molecule has 4 aliphatic rings. The molecule has 4 fully saturated rings. The molecule has 5 aromatic carbocycles. The molecular formula is C112H119ClN24O12. The van der Waals surface area contributed by atoms with Crippen LogP contribution in [-0.2, 0) is 64.0 Å². The van der Waals surface area contributed by atoms with Crippen LogP contribution in [0, 0.1) is 51.4 Å². The first-order valence-corrected chi connectivity index (χ1v) is 49.1. The van der Waals surface area contributed by atoms with Gasteiger partial charge in [0.1, 0.15) is 47.4 Å². The monoisotopic (exact) mass is 2030 g/mol. The van der Waals surface area contributed by atoms with Crippen molar-refractivity contribution in [1.82, 2.24) is 80.7 Å². The van der Waals surface area contributed by atoms with E-state index in [-0.39, 0.29) is 61.4 Å². The van der Waals surface area contributed by atoms with Gasteiger partial charge in [-0.3, -0.25) is 77.9 Å². The molecule has 36 nitrogen and oxygen atoms in total. The van der Waals surface area contributed by atoms with Crippen LogP contribution >= 0.6 is 11.6 Å². The molecule has 0 aliphatic carbocycles. The zero-order chi connectivity index (χ0) is 107. The summed E-state index contributed by atoms with van der Waals surface area (Å²) in [4.78, 5) is 204. The number of nitrogens with two attached hydrogens (primary N) is 4. The SMILES string of the molecule is CC[C@@H](NC(=O)N1C(=O)[C@H](Cc2ccnc(N)c2)[C@H]1C(=O)N(C)c1ccncc1)c1cccc(C)c1.CC[C@@H](NC(=O)N1C(=O)[C@H](Cc2ccnc(N)c2)[C@H]1C(=O)N(C)c1ccncc1)c1ccccc1C.CC[C@@H](NC(=O)N1C(=O)[C@H](Cc2ccnc(N)c2)[C@H]1C(=O)N(C)c1ccncc1)c1ccccc1Cl.Cc1cccc(C(NC(=O)N2C(=O)[C@H](Cc3ccnc(N)c3)[C@H]2C(=O)N(C)c2ccncc2)c2cccc(C)c2)c1. The lowest BCUT2D eigenvalue weighted by Crippen LogP contribution is -2.70. The highest BCUT2D eigenvalue weighted by Crippen LogP contribution is 2.41. The van der Waals surface area contributed by atoms with E-state index >= 15 is 0 Å². The largest absolute Gasteiger partial charge is 0.384 e. The molecule has 766 valence electrons. The number of rotatable bonds is 28. The number of hydrogen-bond donors (Lipinski definition) is 8. The van der Waals surface area contributed by atoms with Crippen molar-refractivity contribution in [2.45, 2.75) is 142 Å². The fourth-order valence-corrected chi connectivity index (χ4v) is 19.1. The third-order valence-electron chi connectivity index (χ3n) is 26.9. The van der Waals surface area contributed by atoms with Crippen molar-refractivity contribution in [3.63, 3.8) is 0 Å². The van der Waals surface area contributed by atoms with Crippen LogP contribution in [0.1, 0.15) is 137 Å². The number of imide groups is 4. The van der Waals surface area contributed by atoms with Crippen LogP contribution in [0.4, 0.5) is 65.2 Å². The lowest BCUT2D eigenvalue weighted by atomic mass is 9.81. The van der Waals surface area contributed by atoms with Crippen molar-refractivity contribution in [1.29, 1.82) is 0 Å². The maximum atomic E-state index is 13.9. The van der Waals surface area contributed by atoms with Crippen LogP contribution < -0.4 is 63.8 Å². The van der Waals surface area contributed by atoms with Crippen LogP contribution in [0.25, 0.3) is 0 Å². The van der Waals surface area contributed by atoms with Crippen LogP contribution in [0.15, 0.2) is 293 Å². The summed E-state index contributed by atoms with van der Waals surface area (Å²) in [6, 6.07) is 57.9. The van der Waals surface area contributed by atoms with Crippen molar-refractivity contribution >= 4 is 129 Å². The van der Waals surface area contributed by atoms with E-state index < -0.39 is 108 Å². The van der Waals surface area contributed by atoms with E-state index in [0.29, 0.717) is 70.3 Å². The van der Waals surface area contributed by atoms with Crippen molar-refractivity contribution in [2.75, 3.05) is 70.7 Å². The Hall–Kier alpha value is -17.6. The molecule has 37 heteroatoms. The van der Waals surface area contributed by atoms with Gasteiger partial charge in [-0.25, -0.2) is 39.1 Å². The Bertz CT molecular complexity index is 6800. The molecule has 0 saturated carbocycles. The number of halogens is 1. The molecule has 0 unspecified atom stereocenters. The first-order chi connectivity index (χ1) is 71.6. The number of likely N-dealkylation sites (N-methyl/N-ethyl adjacent to an activating group) is 4. The number of urea groups is 4. The normalized spacial score (nSPS) is 17.3. The van der Waals surface area contributed by atoms with Crippen LogP contribution in [0.3, 0.4) is 0 Å². The van der Waals surface area contributed by atoms with E-state index in [2.05, 4.69) is 61.1 Å². The molecule has 4 saturated heterocycles. The van der Waals surface area contributed by atoms with Gasteiger partial charge in [0.05, 0.1) is 47.8 Å². The predicted octanol–water partition coefficient (Wildman–Crippen LogP) is 14.3. The van der Waals surface area contributed by atoms with Gasteiger partial charge in [0.15, 0.2) is 0 Å². The van der Waals surface area contributed by atoms with E-state index in [1.165, 1.54) is 19.6 Å². The summed E-state index contributed by atoms with van der Waals surface area (Å²) in [5.41, 5.74) is 37.4. The summed E-state index contributed by atoms with van der Waals surface area (Å²) in [5, 5.41) is 12.4. The number of carbonyl (C=O) groups is 12. The quantitative estimate of drug-likeness (QED) is 0.0211. The highest BCUT2D eigenvalue weighted by atomic mass is 35.5. The average molecular weight is 2030 g/mol. The summed E-state index contributed by atoms with van der Waals surface area (Å²) in [6.45, 7) is 13.8. The van der Waals surface area contributed by atoms with Gasteiger partial charge >= 0.3 is 24.1 Å². The fraction of sp³-hybridized carbons (Fsp3) is 0.268. The lowest BCUT2D eigenvalue weighted by molar-refractivity contribution is -0.156. The minimum absolute atomic E-state index is 0.245. The molecule has 12 N–H and O–H groups in total. The van der Waals surface area contributed by atoms with E-state index in [4.69, 9.17) is 34.5 Å². The van der Waals surface area contributed by atoms with Crippen LogP contribution in [0.2, 0.25) is 5.02 Å². The number of nitrogen functional groups attached to an aromatic ring is 4. The summed E-state index contributed by atoms with van der Waals surface area (Å²) in [7, 11) is 6.48. The van der Waals surface area contributed by atoms with Crippen LogP contribution in [0.5, 0.6) is 0 Å². The minimum Gasteiger partial charge on any atom is -0.384 e. The first-order valence-electron chi connectivity index (χ1n) is 48.7. The second kappa shape index (κ2) is 48.9. The zero-order valence-corrected chi connectivity index (χ0v) is 85.1. The molecule has 13 aromatic rings. The van der Waals surface area contributed by atoms with Gasteiger partial charge in [-0.05, 0) is 231 Å². The van der Waals surface area contributed by atoms with Crippen molar-refractivity contribution in [3.8, 4) is 0 Å². The number of anilines is 8. The van der Waals surface area contributed by atoms with Crippen molar-refractivity contribution in [3.05, 3.63) is 370 Å². The Morgan fingerprint density at radius 3 is 0.859 bits per heavy atom. The minimum atomic E-state index is -1.01. The Labute approximate surface area is 868 Å². The number of pyridine rings is 8. The van der Waals surface area contributed by atoms with Gasteiger partial charge in [-0.1, -0.05) is 164 Å². The van der Waals surface area contributed by atoms with Gasteiger partial charge in [0.25, 0.3) is 23.6 Å². The molecule has 4 aliphatic heterocycles. The topological polar surface area (TPSA) is 486 Å². The first kappa shape index (κ1) is 107. The molecule has 16 amide bonds. The number of aromatic nitrogens is 8. The van der Waals surface area contributed by atoms with E-state index in [9.17, 15) is 57.5 Å². The lowest BCUT2D eigenvalue weighted by Gasteiger charge is -2.46. The number of hydrogen-bond acceptors (Lipinski definition) is 24. The third-order valence-corrected chi connectivity index (χ3v) is 27.2. The Kier molecular flexibility index (Phi) is 35.2. The Morgan fingerprint density at radius 1 is 0.315 bits per heavy atom. The number of nitrogens with one attached hydrogen (secondary N) is 4. The highest BCUT2D eigenvalue weighted by Gasteiger charge is 2.60. The third kappa shape index (κ3) is 25.2. The highest BCUT2D eigenvalue weighted by molar-refractivity contribution is 6.31. The van der Waals surface area contributed by atoms with Crippen molar-refractivity contribution < 1.29 is 57.5 Å². The Morgan fingerprint density at radius 2 is 0.577 bits per heavy atom. The molecule has 0 radical (unpaired) electrons. The molecule has 11 atom stereocenters. The Balaban J connectivity index is 0.000000157. The molecule has 149 heavy (non-hydrogen) atoms. The van der Waals surface area contributed by atoms with Gasteiger partial charge in [-0.15, -0.1) is 0 Å². The number of benzene rings is 5. The summed E-state index contributed by atoms with van der Waals surface area (Å²) in [6.07, 6.45) is 21.7. The average Bonchev–Trinajstić information content (AvgIpc) is 0.746. The molecular weight excluding hydrogens is 1910 g/mol. The van der Waals surface area contributed by atoms with Crippen molar-refractivity contribution in [2.24, 2.45) is 23.7 Å². The number of likely N-dealkylation sites (tertiary alicyclic amines) is 4. The van der Waals surface area contributed by atoms with Gasteiger partial charge in [0, 0.05) is 130 Å². The standard InChI is InChI=1S/C32H32N6O3.2C27H30N6O3.C26H27ClN6O3/c1-20-6-4-8-23(16-20)28(24-9-5-7-21(2)17-24)36-32(41)38-29(31(40)37(3)25-11-13-34-14-12-25)26(30(38)39)18-22-10-15-35-27(33)19-22;1-4-22(19-7-5-6-17(2)14-19)31-27(36)33-24(26(35)32(3)20-9-11-29-12-10-20)21(25(33)34)15-18-8-13-30-23(28)16-18;1-4-22(20-8-6-5-7-17(20)2)31-27(36)33-24(26(35)32(3)19-10-12-29-13-11-19)21(25(33)34)15-18-9-14-30-23(28)16-18;1-3-21(18-6-4-5-7-20(18)27)31-26(36)33-23(25(35)32(2)17-9-11-29-12-10-17)19(24(33)34)14-16-8-13-30-22(28)15-16/h4-17,19,26,28-29H,18H2,1-3H3,(H2,33,35)(H,36,41);2*5-14,16,21-22,24H,4,15H2,1-3H3,(H2,28,30)(H,31,36);4-13,15,19,21,23H,3,14H2,1-2H3,(H2,28,30)(H,31,36)/t26-,29+;2*21-,22-,24+;19-,21-,23+/m1111/s1. The summed E-state index contributed by atoms with van der Waals surface area (Å²) >= 11 is 6.34. The van der Waals surface area contributed by atoms with E-state index in [1.807, 2.05) is 158 Å². The van der Waals surface area contributed by atoms with Crippen LogP contribution in [-0.4, -0.2) is 183 Å². The van der Waals surface area contributed by atoms with Gasteiger partial charge in [0.2, 0.25) is 23.6 Å². The number of nitrogens with zero attached hydrogens (tertiary/aromatic N) is 16. The van der Waals surface area contributed by atoms with E-state index in [1.54, 1.807) is 212 Å². The maximum Gasteiger partial charge on any atom is 0.325 e. The summed E-state index contributed by atoms with van der Waals surface area (Å²) < 4.78 is 0. The number of carbonyl (C=O) groups excluding carboxylic acids is 12. The number of aryl methyl sites for hydroxylation is 4. The number of β-lactam (4-membered cyclic amide) rings is 4. The molecule has 0 bridgehead atoms. The van der Waals surface area contributed by atoms with Gasteiger partial charge in [-0.2, -0.15) is 0 Å². The van der Waals surface area contributed by atoms with Gasteiger partial charge < -0.3 is 63.8 Å². The smallest absolute Gasteiger partial charge is 0.325 e. The molecule has 0 spiro atoms. The predicted molar refractivity (Wildman–Crippen MR) is 568 cm³/mol. The van der Waals surface area contributed by atoms with E-state index in [0.717, 1.165) is 91.9 Å². The second-order valence-corrected chi connectivity index (χ2v) is 37.3. The molecule has 8 aromatic heterocycles. The fourth-order valence-electron chi connectivity index (χ4n) is 18.9. The maximum absolute atomic E-state index is 13.9. The number of amides is 16. The zero-order valence-electron chi connectivity index (χ0n) is 84.3. The second-order valence-electron chi connectivity index (χ2n) is 36.9. The molecule has 12 heterocycles.